The van der Waals surface area contributed by atoms with E-state index in [4.69, 9.17) is 11.6 Å². The molecule has 1 aromatic rings. The topological polar surface area (TPSA) is 21.1 Å². The molecule has 0 amide bonds. The van der Waals surface area contributed by atoms with Gasteiger partial charge in [0.05, 0.1) is 23.5 Å². The predicted molar refractivity (Wildman–Crippen MR) is 52.8 cm³/mol. The highest BCUT2D eigenvalue weighted by Gasteiger charge is 2.20. The maximum absolute atomic E-state index is 6.02. The molecule has 0 aliphatic carbocycles. The first kappa shape index (κ1) is 9.03. The second-order valence-electron chi connectivity index (χ2n) is 3.73. The Morgan fingerprint density at radius 1 is 1.46 bits per heavy atom. The normalized spacial score (nSPS) is 17.8. The largest absolute Gasteiger partial charge is 0.293 e. The molecule has 13 heavy (non-hydrogen) atoms. The third kappa shape index (κ3) is 1.58. The molecule has 4 heteroatoms. The van der Waals surface area contributed by atoms with Crippen molar-refractivity contribution in [2.75, 3.05) is 6.54 Å². The number of aromatic nitrogens is 2. The highest BCUT2D eigenvalue weighted by molar-refractivity contribution is 6.31. The van der Waals surface area contributed by atoms with Crippen molar-refractivity contribution in [3.05, 3.63) is 16.9 Å². The fraction of sp³-hybridized carbons (Fsp3) is 0.667. The van der Waals surface area contributed by atoms with Gasteiger partial charge >= 0.3 is 0 Å². The maximum atomic E-state index is 6.02. The summed E-state index contributed by atoms with van der Waals surface area (Å²) in [6.45, 7) is 7.37. The Morgan fingerprint density at radius 3 is 2.92 bits per heavy atom. The van der Waals surface area contributed by atoms with Gasteiger partial charge in [0.2, 0.25) is 0 Å². The van der Waals surface area contributed by atoms with Gasteiger partial charge in [-0.3, -0.25) is 9.58 Å². The van der Waals surface area contributed by atoms with E-state index >= 15 is 0 Å². The van der Waals surface area contributed by atoms with Crippen molar-refractivity contribution in [2.24, 2.45) is 0 Å². The molecule has 2 rings (SSSR count). The van der Waals surface area contributed by atoms with Crippen molar-refractivity contribution >= 4 is 11.6 Å². The van der Waals surface area contributed by atoms with Gasteiger partial charge in [0.15, 0.2) is 0 Å². The molecule has 0 unspecified atom stereocenters. The Balaban J connectivity index is 2.22. The Bertz CT molecular complexity index is 306. The van der Waals surface area contributed by atoms with E-state index in [0.29, 0.717) is 6.04 Å². The minimum Gasteiger partial charge on any atom is -0.293 e. The van der Waals surface area contributed by atoms with Gasteiger partial charge in [-0.2, -0.15) is 5.10 Å². The Morgan fingerprint density at radius 2 is 2.23 bits per heavy atom. The number of fused-ring (bicyclic) bond motifs is 1. The summed E-state index contributed by atoms with van der Waals surface area (Å²) in [5, 5.41) is 5.00. The van der Waals surface area contributed by atoms with Crippen molar-refractivity contribution in [3.63, 3.8) is 0 Å². The van der Waals surface area contributed by atoms with E-state index < -0.39 is 0 Å². The van der Waals surface area contributed by atoms with E-state index in [1.807, 2.05) is 4.68 Å². The van der Waals surface area contributed by atoms with Crippen molar-refractivity contribution in [3.8, 4) is 0 Å². The van der Waals surface area contributed by atoms with E-state index in [1.54, 1.807) is 6.20 Å². The van der Waals surface area contributed by atoms with Crippen molar-refractivity contribution in [2.45, 2.75) is 33.0 Å². The molecule has 1 aliphatic heterocycles. The van der Waals surface area contributed by atoms with Gasteiger partial charge in [-0.25, -0.2) is 0 Å². The maximum Gasteiger partial charge on any atom is 0.0831 e. The van der Waals surface area contributed by atoms with Gasteiger partial charge in [0.25, 0.3) is 0 Å². The molecule has 1 aromatic heterocycles. The first-order valence-electron chi connectivity index (χ1n) is 4.62. The summed E-state index contributed by atoms with van der Waals surface area (Å²) in [7, 11) is 0. The molecule has 0 bridgehead atoms. The summed E-state index contributed by atoms with van der Waals surface area (Å²) in [4.78, 5) is 2.41. The Kier molecular flexibility index (Phi) is 2.30. The second kappa shape index (κ2) is 3.31. The van der Waals surface area contributed by atoms with E-state index in [9.17, 15) is 0 Å². The smallest absolute Gasteiger partial charge is 0.0831 e. The van der Waals surface area contributed by atoms with Gasteiger partial charge < -0.3 is 0 Å². The SMILES string of the molecule is CC(C)N1CCn2ncc(Cl)c2C1. The summed E-state index contributed by atoms with van der Waals surface area (Å²) in [5.74, 6) is 0. The average Bonchev–Trinajstić information content (AvgIpc) is 2.47. The standard InChI is InChI=1S/C9H14ClN3/c1-7(2)12-3-4-13-9(6-12)8(10)5-11-13/h5,7H,3-4,6H2,1-2H3. The molecule has 0 saturated heterocycles. The van der Waals surface area contributed by atoms with E-state index in [0.717, 1.165) is 30.4 Å². The molecule has 3 nitrogen and oxygen atoms in total. The van der Waals surface area contributed by atoms with Crippen LogP contribution in [0.4, 0.5) is 0 Å². The molecule has 0 spiro atoms. The lowest BCUT2D eigenvalue weighted by atomic mass is 10.2. The Hall–Kier alpha value is -0.540. The zero-order chi connectivity index (χ0) is 9.42. The van der Waals surface area contributed by atoms with Crippen LogP contribution in [0.25, 0.3) is 0 Å². The molecular weight excluding hydrogens is 186 g/mol. The van der Waals surface area contributed by atoms with Crippen LogP contribution in [0.2, 0.25) is 5.02 Å². The zero-order valence-electron chi connectivity index (χ0n) is 8.00. The van der Waals surface area contributed by atoms with Crippen LogP contribution in [0.3, 0.4) is 0 Å². The molecule has 0 saturated carbocycles. The van der Waals surface area contributed by atoms with E-state index in [1.165, 1.54) is 0 Å². The lowest BCUT2D eigenvalue weighted by Gasteiger charge is -2.30. The average molecular weight is 200 g/mol. The van der Waals surface area contributed by atoms with Crippen LogP contribution in [0, 0.1) is 0 Å². The van der Waals surface area contributed by atoms with Crippen LogP contribution in [-0.4, -0.2) is 27.3 Å². The van der Waals surface area contributed by atoms with Crippen molar-refractivity contribution in [1.82, 2.24) is 14.7 Å². The highest BCUT2D eigenvalue weighted by Crippen LogP contribution is 2.21. The van der Waals surface area contributed by atoms with Crippen LogP contribution in [0.5, 0.6) is 0 Å². The highest BCUT2D eigenvalue weighted by atomic mass is 35.5. The third-order valence-corrected chi connectivity index (χ3v) is 2.90. The quantitative estimate of drug-likeness (QED) is 0.688. The number of hydrogen-bond acceptors (Lipinski definition) is 2. The van der Waals surface area contributed by atoms with Crippen LogP contribution in [0.15, 0.2) is 6.20 Å². The van der Waals surface area contributed by atoms with Crippen LogP contribution in [0.1, 0.15) is 19.5 Å². The molecule has 72 valence electrons. The monoisotopic (exact) mass is 199 g/mol. The van der Waals surface area contributed by atoms with Crippen LogP contribution >= 0.6 is 11.6 Å². The van der Waals surface area contributed by atoms with Crippen LogP contribution in [-0.2, 0) is 13.1 Å². The van der Waals surface area contributed by atoms with Gasteiger partial charge in [0, 0.05) is 19.1 Å². The number of rotatable bonds is 1. The molecule has 0 aromatic carbocycles. The molecule has 2 heterocycles. The van der Waals surface area contributed by atoms with Crippen molar-refractivity contribution in [1.29, 1.82) is 0 Å². The van der Waals surface area contributed by atoms with Gasteiger partial charge in [-0.15, -0.1) is 0 Å². The Labute approximate surface area is 83.3 Å². The number of halogens is 1. The number of nitrogens with zero attached hydrogens (tertiary/aromatic N) is 3. The predicted octanol–water partition coefficient (Wildman–Crippen LogP) is 1.76. The summed E-state index contributed by atoms with van der Waals surface area (Å²) in [6.07, 6.45) is 1.74. The third-order valence-electron chi connectivity index (χ3n) is 2.58. The molecule has 0 fully saturated rings. The van der Waals surface area contributed by atoms with E-state index in [-0.39, 0.29) is 0 Å². The first-order chi connectivity index (χ1) is 6.18. The lowest BCUT2D eigenvalue weighted by molar-refractivity contribution is 0.171. The minimum atomic E-state index is 0.583. The van der Waals surface area contributed by atoms with Crippen LogP contribution < -0.4 is 0 Å². The molecular formula is C9H14ClN3. The molecule has 1 aliphatic rings. The first-order valence-corrected chi connectivity index (χ1v) is 5.00. The lowest BCUT2D eigenvalue weighted by Crippen LogP contribution is -2.38. The fourth-order valence-electron chi connectivity index (χ4n) is 1.67. The summed E-state index contributed by atoms with van der Waals surface area (Å²) < 4.78 is 2.00. The summed E-state index contributed by atoms with van der Waals surface area (Å²) in [6, 6.07) is 0.583. The van der Waals surface area contributed by atoms with Gasteiger partial charge in [-0.05, 0) is 13.8 Å². The summed E-state index contributed by atoms with van der Waals surface area (Å²) in [5.41, 5.74) is 1.15. The van der Waals surface area contributed by atoms with E-state index in [2.05, 4.69) is 23.8 Å². The van der Waals surface area contributed by atoms with Gasteiger partial charge in [0.1, 0.15) is 0 Å². The molecule has 0 radical (unpaired) electrons. The fourth-order valence-corrected chi connectivity index (χ4v) is 1.87. The van der Waals surface area contributed by atoms with Gasteiger partial charge in [-0.1, -0.05) is 11.6 Å². The summed E-state index contributed by atoms with van der Waals surface area (Å²) >= 11 is 6.02. The molecule has 0 atom stereocenters. The van der Waals surface area contributed by atoms with Crippen molar-refractivity contribution < 1.29 is 0 Å². The zero-order valence-corrected chi connectivity index (χ0v) is 8.75. The number of hydrogen-bond donors (Lipinski definition) is 0. The molecule has 0 N–H and O–H groups in total. The second-order valence-corrected chi connectivity index (χ2v) is 4.13. The minimum absolute atomic E-state index is 0.583.